The van der Waals surface area contributed by atoms with Crippen LogP contribution in [0, 0.1) is 5.92 Å². The predicted octanol–water partition coefficient (Wildman–Crippen LogP) is 1.87. The minimum atomic E-state index is 0.0335. The minimum Gasteiger partial charge on any atom is -0.493 e. The van der Waals surface area contributed by atoms with Crippen molar-refractivity contribution in [1.82, 2.24) is 10.6 Å². The van der Waals surface area contributed by atoms with E-state index in [1.165, 1.54) is 0 Å². The topological polar surface area (TPSA) is 50.4 Å². The number of carbonyl (C=O) groups is 1. The highest BCUT2D eigenvalue weighted by Gasteiger charge is 2.27. The van der Waals surface area contributed by atoms with Gasteiger partial charge in [-0.2, -0.15) is 0 Å². The van der Waals surface area contributed by atoms with Crippen LogP contribution in [-0.4, -0.2) is 25.1 Å². The molecule has 1 heterocycles. The van der Waals surface area contributed by atoms with E-state index in [-0.39, 0.29) is 18.0 Å². The summed E-state index contributed by atoms with van der Waals surface area (Å²) in [6.45, 7) is 7.07. The van der Waals surface area contributed by atoms with Crippen molar-refractivity contribution >= 4 is 5.91 Å². The number of fused-ring (bicyclic) bond motifs is 1. The third kappa shape index (κ3) is 3.47. The van der Waals surface area contributed by atoms with Crippen molar-refractivity contribution in [2.24, 2.45) is 5.92 Å². The first-order valence-electron chi connectivity index (χ1n) is 6.82. The predicted molar refractivity (Wildman–Crippen MR) is 75.1 cm³/mol. The monoisotopic (exact) mass is 262 g/mol. The number of amides is 1. The Morgan fingerprint density at radius 2 is 2.16 bits per heavy atom. The zero-order valence-corrected chi connectivity index (χ0v) is 11.8. The van der Waals surface area contributed by atoms with Crippen molar-refractivity contribution in [3.05, 3.63) is 29.8 Å². The lowest BCUT2D eigenvalue weighted by Gasteiger charge is -2.32. The van der Waals surface area contributed by atoms with Gasteiger partial charge in [0.2, 0.25) is 5.91 Å². The molecule has 4 heteroatoms. The molecule has 2 N–H and O–H groups in total. The Labute approximate surface area is 114 Å². The number of rotatable bonds is 4. The van der Waals surface area contributed by atoms with Crippen molar-refractivity contribution in [2.45, 2.75) is 32.9 Å². The van der Waals surface area contributed by atoms with Gasteiger partial charge in [-0.05, 0) is 19.9 Å². The number of ether oxygens (including phenoxy) is 1. The van der Waals surface area contributed by atoms with E-state index in [1.54, 1.807) is 0 Å². The lowest BCUT2D eigenvalue weighted by Crippen LogP contribution is -2.42. The lowest BCUT2D eigenvalue weighted by molar-refractivity contribution is -0.120. The summed E-state index contributed by atoms with van der Waals surface area (Å²) in [5.41, 5.74) is 1.14. The maximum absolute atomic E-state index is 11.7. The third-order valence-electron chi connectivity index (χ3n) is 3.26. The van der Waals surface area contributed by atoms with Gasteiger partial charge in [0, 0.05) is 23.6 Å². The van der Waals surface area contributed by atoms with Crippen molar-refractivity contribution in [1.29, 1.82) is 0 Å². The summed E-state index contributed by atoms with van der Waals surface area (Å²) in [4.78, 5) is 11.7. The van der Waals surface area contributed by atoms with Gasteiger partial charge in [-0.25, -0.2) is 0 Å². The quantitative estimate of drug-likeness (QED) is 0.871. The Bertz CT molecular complexity index is 446. The zero-order valence-electron chi connectivity index (χ0n) is 11.8. The average molecular weight is 262 g/mol. The molecule has 1 aromatic carbocycles. The average Bonchev–Trinajstić information content (AvgIpc) is 2.36. The number of hydrogen-bond donors (Lipinski definition) is 2. The molecule has 0 saturated carbocycles. The van der Waals surface area contributed by atoms with Crippen LogP contribution in [0.1, 0.15) is 32.4 Å². The Balaban J connectivity index is 2.01. The van der Waals surface area contributed by atoms with Gasteiger partial charge in [0.15, 0.2) is 0 Å². The molecule has 0 aliphatic carbocycles. The smallest absolute Gasteiger partial charge is 0.234 e. The molecule has 1 aromatic rings. The number of nitrogens with one attached hydrogen (secondary N) is 2. The molecule has 1 aliphatic rings. The molecule has 0 bridgehead atoms. The van der Waals surface area contributed by atoms with Crippen LogP contribution in [0.5, 0.6) is 5.75 Å². The summed E-state index contributed by atoms with van der Waals surface area (Å²) in [6, 6.07) is 8.35. The highest BCUT2D eigenvalue weighted by Crippen LogP contribution is 2.34. The molecule has 1 aliphatic heterocycles. The van der Waals surface area contributed by atoms with Gasteiger partial charge in [0.1, 0.15) is 5.75 Å². The van der Waals surface area contributed by atoms with E-state index in [4.69, 9.17) is 4.74 Å². The van der Waals surface area contributed by atoms with Crippen LogP contribution in [0.25, 0.3) is 0 Å². The van der Waals surface area contributed by atoms with Gasteiger partial charge in [-0.3, -0.25) is 4.79 Å². The second-order valence-corrected chi connectivity index (χ2v) is 5.41. The fourth-order valence-electron chi connectivity index (χ4n) is 2.38. The van der Waals surface area contributed by atoms with Gasteiger partial charge in [-0.15, -0.1) is 0 Å². The highest BCUT2D eigenvalue weighted by molar-refractivity contribution is 5.78. The van der Waals surface area contributed by atoms with Crippen molar-refractivity contribution in [3.63, 3.8) is 0 Å². The molecular weight excluding hydrogens is 240 g/mol. The summed E-state index contributed by atoms with van der Waals surface area (Å²) in [5.74, 6) is 1.30. The SMILES string of the molecule is CC(C)NC(=O)CNC1c2ccccc2OCC1C. The number of carbonyl (C=O) groups excluding carboxylic acids is 1. The molecule has 104 valence electrons. The highest BCUT2D eigenvalue weighted by atomic mass is 16.5. The second kappa shape index (κ2) is 6.06. The van der Waals surface area contributed by atoms with Crippen LogP contribution in [-0.2, 0) is 4.79 Å². The minimum absolute atomic E-state index is 0.0335. The van der Waals surface area contributed by atoms with Gasteiger partial charge in [-0.1, -0.05) is 25.1 Å². The molecule has 0 spiro atoms. The van der Waals surface area contributed by atoms with Crippen molar-refractivity contribution in [2.75, 3.05) is 13.2 Å². The van der Waals surface area contributed by atoms with Gasteiger partial charge >= 0.3 is 0 Å². The first-order chi connectivity index (χ1) is 9.08. The van der Waals surface area contributed by atoms with E-state index in [0.29, 0.717) is 19.1 Å². The van der Waals surface area contributed by atoms with Crippen LogP contribution in [0.2, 0.25) is 0 Å². The number of hydrogen-bond acceptors (Lipinski definition) is 3. The molecule has 2 atom stereocenters. The molecule has 2 unspecified atom stereocenters. The van der Waals surface area contributed by atoms with Crippen LogP contribution in [0.4, 0.5) is 0 Å². The van der Waals surface area contributed by atoms with Gasteiger partial charge in [0.25, 0.3) is 0 Å². The Morgan fingerprint density at radius 3 is 2.89 bits per heavy atom. The first-order valence-corrected chi connectivity index (χ1v) is 6.82. The van der Waals surface area contributed by atoms with E-state index in [0.717, 1.165) is 11.3 Å². The van der Waals surface area contributed by atoms with Crippen molar-refractivity contribution < 1.29 is 9.53 Å². The molecular formula is C15H22N2O2. The van der Waals surface area contributed by atoms with Gasteiger partial charge < -0.3 is 15.4 Å². The fourth-order valence-corrected chi connectivity index (χ4v) is 2.38. The molecule has 4 nitrogen and oxygen atoms in total. The van der Waals surface area contributed by atoms with E-state index in [2.05, 4.69) is 23.6 Å². The summed E-state index contributed by atoms with van der Waals surface area (Å²) >= 11 is 0. The maximum Gasteiger partial charge on any atom is 0.234 e. The molecule has 0 radical (unpaired) electrons. The van der Waals surface area contributed by atoms with E-state index in [9.17, 15) is 4.79 Å². The van der Waals surface area contributed by atoms with Crippen LogP contribution in [0.3, 0.4) is 0 Å². The molecule has 2 rings (SSSR count). The Morgan fingerprint density at radius 1 is 1.42 bits per heavy atom. The fraction of sp³-hybridized carbons (Fsp3) is 0.533. The first kappa shape index (κ1) is 13.9. The summed E-state index contributed by atoms with van der Waals surface area (Å²) < 4.78 is 5.70. The van der Waals surface area contributed by atoms with E-state index < -0.39 is 0 Å². The largest absolute Gasteiger partial charge is 0.493 e. The van der Waals surface area contributed by atoms with Crippen molar-refractivity contribution in [3.8, 4) is 5.75 Å². The standard InChI is InChI=1S/C15H22N2O2/c1-10(2)17-14(18)8-16-15-11(3)9-19-13-7-5-4-6-12(13)15/h4-7,10-11,15-16H,8-9H2,1-3H3,(H,17,18). The molecule has 1 amide bonds. The van der Waals surface area contributed by atoms with E-state index in [1.807, 2.05) is 32.0 Å². The molecule has 0 aromatic heterocycles. The summed E-state index contributed by atoms with van der Waals surface area (Å²) in [7, 11) is 0. The Kier molecular flexibility index (Phi) is 4.43. The summed E-state index contributed by atoms with van der Waals surface area (Å²) in [5, 5.41) is 6.23. The third-order valence-corrected chi connectivity index (χ3v) is 3.26. The number of para-hydroxylation sites is 1. The molecule has 0 fully saturated rings. The molecule has 0 saturated heterocycles. The zero-order chi connectivity index (χ0) is 13.8. The van der Waals surface area contributed by atoms with Gasteiger partial charge in [0.05, 0.1) is 13.2 Å². The molecule has 19 heavy (non-hydrogen) atoms. The van der Waals surface area contributed by atoms with Crippen LogP contribution >= 0.6 is 0 Å². The second-order valence-electron chi connectivity index (χ2n) is 5.41. The maximum atomic E-state index is 11.7. The van der Waals surface area contributed by atoms with E-state index >= 15 is 0 Å². The summed E-state index contributed by atoms with van der Waals surface area (Å²) in [6.07, 6.45) is 0. The normalized spacial score (nSPS) is 21.7. The van der Waals surface area contributed by atoms with Crippen LogP contribution < -0.4 is 15.4 Å². The van der Waals surface area contributed by atoms with Crippen LogP contribution in [0.15, 0.2) is 24.3 Å². The number of benzene rings is 1. The lowest BCUT2D eigenvalue weighted by atomic mass is 9.92. The Hall–Kier alpha value is -1.55.